The quantitative estimate of drug-likeness (QED) is 0.829. The summed E-state index contributed by atoms with van der Waals surface area (Å²) in [6.45, 7) is 2.52. The Balaban J connectivity index is 2.64. The van der Waals surface area contributed by atoms with Gasteiger partial charge in [0.15, 0.2) is 0 Å². The maximum Gasteiger partial charge on any atom is 0.251 e. The fourth-order valence-corrected chi connectivity index (χ4v) is 1.69. The van der Waals surface area contributed by atoms with Gasteiger partial charge in [-0.15, -0.1) is 0 Å². The highest BCUT2D eigenvalue weighted by Crippen LogP contribution is 2.10. The van der Waals surface area contributed by atoms with Gasteiger partial charge in [0.05, 0.1) is 0 Å². The number of nitrogens with one attached hydrogen (secondary N) is 1. The molecule has 3 N–H and O–H groups in total. The van der Waals surface area contributed by atoms with Crippen LogP contribution >= 0.6 is 11.6 Å². The molecule has 0 aliphatic heterocycles. The van der Waals surface area contributed by atoms with Crippen LogP contribution in [0.5, 0.6) is 0 Å². The van der Waals surface area contributed by atoms with Gasteiger partial charge in [-0.3, -0.25) is 4.79 Å². The van der Waals surface area contributed by atoms with Crippen molar-refractivity contribution in [1.29, 1.82) is 0 Å². The molecule has 1 aromatic rings. The normalized spacial score (nSPS) is 12.2. The Hall–Kier alpha value is -1.06. The molecule has 0 bridgehead atoms. The predicted octanol–water partition coefficient (Wildman–Crippen LogP) is 2.20. The van der Waals surface area contributed by atoms with Crippen molar-refractivity contribution in [2.45, 2.75) is 25.8 Å². The fourth-order valence-electron chi connectivity index (χ4n) is 1.50. The van der Waals surface area contributed by atoms with Crippen LogP contribution in [0.25, 0.3) is 0 Å². The van der Waals surface area contributed by atoms with E-state index in [9.17, 15) is 4.79 Å². The van der Waals surface area contributed by atoms with Crippen molar-refractivity contribution in [2.75, 3.05) is 6.54 Å². The van der Waals surface area contributed by atoms with E-state index in [1.165, 1.54) is 0 Å². The van der Waals surface area contributed by atoms with Gasteiger partial charge >= 0.3 is 0 Å². The second-order valence-corrected chi connectivity index (χ2v) is 4.14. The van der Waals surface area contributed by atoms with Crippen LogP contribution in [0, 0.1) is 0 Å². The van der Waals surface area contributed by atoms with E-state index in [4.69, 9.17) is 17.3 Å². The molecule has 88 valence electrons. The lowest BCUT2D eigenvalue weighted by Crippen LogP contribution is -2.40. The molecular formula is C12H17ClN2O. The number of carbonyl (C=O) groups is 1. The van der Waals surface area contributed by atoms with Gasteiger partial charge < -0.3 is 11.1 Å². The summed E-state index contributed by atoms with van der Waals surface area (Å²) in [4.78, 5) is 11.8. The van der Waals surface area contributed by atoms with E-state index in [1.54, 1.807) is 24.3 Å². The van der Waals surface area contributed by atoms with E-state index in [2.05, 4.69) is 12.2 Å². The van der Waals surface area contributed by atoms with Gasteiger partial charge in [0.2, 0.25) is 0 Å². The Bertz CT molecular complexity index is 355. The molecule has 0 aromatic heterocycles. The summed E-state index contributed by atoms with van der Waals surface area (Å²) in [6.07, 6.45) is 1.89. The van der Waals surface area contributed by atoms with E-state index in [1.807, 2.05) is 0 Å². The summed E-state index contributed by atoms with van der Waals surface area (Å²) in [5.74, 6) is -0.119. The second kappa shape index (κ2) is 6.51. The number of amides is 1. The fraction of sp³-hybridized carbons (Fsp3) is 0.417. The molecule has 0 spiro atoms. The molecular weight excluding hydrogens is 224 g/mol. The van der Waals surface area contributed by atoms with Crippen molar-refractivity contribution in [2.24, 2.45) is 5.73 Å². The number of halogens is 1. The smallest absolute Gasteiger partial charge is 0.251 e. The van der Waals surface area contributed by atoms with E-state index in [-0.39, 0.29) is 11.9 Å². The van der Waals surface area contributed by atoms with E-state index < -0.39 is 0 Å². The first-order valence-corrected chi connectivity index (χ1v) is 5.81. The van der Waals surface area contributed by atoms with Crippen molar-refractivity contribution < 1.29 is 4.79 Å². The Morgan fingerprint density at radius 2 is 2.31 bits per heavy atom. The van der Waals surface area contributed by atoms with Crippen LogP contribution in [-0.4, -0.2) is 18.5 Å². The molecule has 1 unspecified atom stereocenters. The Labute approximate surface area is 101 Å². The summed E-state index contributed by atoms with van der Waals surface area (Å²) < 4.78 is 0. The first kappa shape index (κ1) is 13.0. The summed E-state index contributed by atoms with van der Waals surface area (Å²) in [5, 5.41) is 3.45. The molecule has 0 saturated carbocycles. The van der Waals surface area contributed by atoms with Gasteiger partial charge in [0.25, 0.3) is 5.91 Å². The standard InChI is InChI=1S/C12H17ClN2O/c1-2-4-11(8-14)15-12(16)9-5-3-6-10(13)7-9/h3,5-7,11H,2,4,8,14H2,1H3,(H,15,16). The molecule has 0 saturated heterocycles. The molecule has 4 heteroatoms. The highest BCUT2D eigenvalue weighted by atomic mass is 35.5. The lowest BCUT2D eigenvalue weighted by Gasteiger charge is -2.15. The van der Waals surface area contributed by atoms with Crippen molar-refractivity contribution >= 4 is 17.5 Å². The molecule has 1 amide bonds. The van der Waals surface area contributed by atoms with E-state index in [0.29, 0.717) is 17.1 Å². The maximum absolute atomic E-state index is 11.8. The topological polar surface area (TPSA) is 55.1 Å². The SMILES string of the molecule is CCCC(CN)NC(=O)c1cccc(Cl)c1. The number of benzene rings is 1. The predicted molar refractivity (Wildman–Crippen MR) is 66.7 cm³/mol. The number of hydrogen-bond acceptors (Lipinski definition) is 2. The first-order chi connectivity index (χ1) is 7.67. The third-order valence-electron chi connectivity index (χ3n) is 2.34. The summed E-state index contributed by atoms with van der Waals surface area (Å²) in [5.41, 5.74) is 6.15. The lowest BCUT2D eigenvalue weighted by atomic mass is 10.1. The van der Waals surface area contributed by atoms with Crippen LogP contribution in [0.3, 0.4) is 0 Å². The largest absolute Gasteiger partial charge is 0.348 e. The molecule has 1 aromatic carbocycles. The lowest BCUT2D eigenvalue weighted by molar-refractivity contribution is 0.0936. The molecule has 0 aliphatic rings. The first-order valence-electron chi connectivity index (χ1n) is 5.44. The van der Waals surface area contributed by atoms with Crippen LogP contribution in [0.4, 0.5) is 0 Å². The van der Waals surface area contributed by atoms with Crippen molar-refractivity contribution in [1.82, 2.24) is 5.32 Å². The highest BCUT2D eigenvalue weighted by Gasteiger charge is 2.11. The minimum atomic E-state index is -0.119. The van der Waals surface area contributed by atoms with Gasteiger partial charge in [-0.05, 0) is 24.6 Å². The van der Waals surface area contributed by atoms with Gasteiger partial charge in [-0.25, -0.2) is 0 Å². The van der Waals surface area contributed by atoms with Crippen LogP contribution in [0.1, 0.15) is 30.1 Å². The monoisotopic (exact) mass is 240 g/mol. The van der Waals surface area contributed by atoms with Crippen LogP contribution in [-0.2, 0) is 0 Å². The molecule has 0 heterocycles. The number of rotatable bonds is 5. The number of nitrogens with two attached hydrogens (primary N) is 1. The highest BCUT2D eigenvalue weighted by molar-refractivity contribution is 6.30. The number of hydrogen-bond donors (Lipinski definition) is 2. The average molecular weight is 241 g/mol. The molecule has 3 nitrogen and oxygen atoms in total. The molecule has 0 radical (unpaired) electrons. The summed E-state index contributed by atoms with van der Waals surface area (Å²) >= 11 is 5.82. The van der Waals surface area contributed by atoms with Gasteiger partial charge in [-0.1, -0.05) is 31.0 Å². The van der Waals surface area contributed by atoms with Crippen LogP contribution in [0.2, 0.25) is 5.02 Å². The Morgan fingerprint density at radius 3 is 2.88 bits per heavy atom. The Morgan fingerprint density at radius 1 is 1.56 bits per heavy atom. The molecule has 0 aliphatic carbocycles. The van der Waals surface area contributed by atoms with E-state index in [0.717, 1.165) is 12.8 Å². The van der Waals surface area contributed by atoms with Crippen molar-refractivity contribution in [3.05, 3.63) is 34.9 Å². The van der Waals surface area contributed by atoms with Gasteiger partial charge in [-0.2, -0.15) is 0 Å². The minimum absolute atomic E-state index is 0.0384. The molecule has 16 heavy (non-hydrogen) atoms. The third kappa shape index (κ3) is 3.83. The average Bonchev–Trinajstić information content (AvgIpc) is 2.28. The molecule has 0 fully saturated rings. The summed E-state index contributed by atoms with van der Waals surface area (Å²) in [6, 6.07) is 6.92. The maximum atomic E-state index is 11.8. The van der Waals surface area contributed by atoms with E-state index >= 15 is 0 Å². The van der Waals surface area contributed by atoms with Crippen molar-refractivity contribution in [3.63, 3.8) is 0 Å². The van der Waals surface area contributed by atoms with Crippen LogP contribution < -0.4 is 11.1 Å². The molecule has 1 atom stereocenters. The van der Waals surface area contributed by atoms with Gasteiger partial charge in [0.1, 0.15) is 0 Å². The number of carbonyl (C=O) groups excluding carboxylic acids is 1. The summed E-state index contributed by atoms with van der Waals surface area (Å²) in [7, 11) is 0. The zero-order valence-electron chi connectivity index (χ0n) is 9.37. The zero-order chi connectivity index (χ0) is 12.0. The zero-order valence-corrected chi connectivity index (χ0v) is 10.1. The Kier molecular flexibility index (Phi) is 5.29. The van der Waals surface area contributed by atoms with Crippen molar-refractivity contribution in [3.8, 4) is 0 Å². The molecule has 1 rings (SSSR count). The van der Waals surface area contributed by atoms with Gasteiger partial charge in [0, 0.05) is 23.2 Å². The third-order valence-corrected chi connectivity index (χ3v) is 2.58. The second-order valence-electron chi connectivity index (χ2n) is 3.71. The minimum Gasteiger partial charge on any atom is -0.348 e. The van der Waals surface area contributed by atoms with Crippen LogP contribution in [0.15, 0.2) is 24.3 Å².